The van der Waals surface area contributed by atoms with Gasteiger partial charge in [-0.25, -0.2) is 4.79 Å². The van der Waals surface area contributed by atoms with Crippen molar-refractivity contribution >= 4 is 35.2 Å². The molecular weight excluding hydrogens is 491 g/mol. The molecule has 8 nitrogen and oxygen atoms in total. The predicted molar refractivity (Wildman–Crippen MR) is 128 cm³/mol. The number of amides is 4. The number of imide groups is 1. The van der Waals surface area contributed by atoms with E-state index in [4.69, 9.17) is 0 Å². The number of carboxylic acid groups (broad SMARTS) is 1. The Morgan fingerprint density at radius 1 is 1.14 bits per heavy atom. The minimum Gasteiger partial charge on any atom is -0.481 e. The van der Waals surface area contributed by atoms with E-state index in [9.17, 15) is 37.5 Å². The summed E-state index contributed by atoms with van der Waals surface area (Å²) in [6.45, 7) is 6.05. The second kappa shape index (κ2) is 8.89. The van der Waals surface area contributed by atoms with Crippen LogP contribution in [-0.2, 0) is 32.5 Å². The number of aliphatic carboxylic acids is 1. The van der Waals surface area contributed by atoms with Gasteiger partial charge in [0.05, 0.1) is 12.1 Å². The number of hydrogen-bond donors (Lipinski definition) is 1. The summed E-state index contributed by atoms with van der Waals surface area (Å²) in [5.41, 5.74) is 0.386. The molecule has 1 saturated heterocycles. The van der Waals surface area contributed by atoms with Gasteiger partial charge >= 0.3 is 18.2 Å². The number of benzene rings is 2. The van der Waals surface area contributed by atoms with Crippen molar-refractivity contribution < 1.29 is 37.5 Å². The number of nitrogens with zero attached hydrogens (tertiary/aromatic N) is 3. The van der Waals surface area contributed by atoms with Gasteiger partial charge in [0.2, 0.25) is 11.8 Å². The Morgan fingerprint density at radius 3 is 2.41 bits per heavy atom. The van der Waals surface area contributed by atoms with Gasteiger partial charge in [0.15, 0.2) is 5.92 Å². The fraction of sp³-hybridized carbons (Fsp3) is 0.385. The van der Waals surface area contributed by atoms with Crippen LogP contribution in [0.2, 0.25) is 0 Å². The number of carbonyl (C=O) groups is 4. The van der Waals surface area contributed by atoms with E-state index in [1.54, 1.807) is 23.1 Å². The monoisotopic (exact) mass is 517 g/mol. The Balaban J connectivity index is 1.75. The Kier molecular flexibility index (Phi) is 6.29. The standard InChI is InChI=1S/C26H26F3N3O5/c1-14-16(6-5-7-19(14)26(27,28)29)11-31-22(34)18(23(35)36)12-30(24(31)37)17-8-9-20-21(10-17)32(15(2)33)13-25(20,3)4/h5-10,18H,11-13H2,1-4H3,(H,35,36). The number of carbonyl (C=O) groups excluding carboxylic acids is 3. The number of halogens is 3. The molecule has 1 unspecified atom stereocenters. The Hall–Kier alpha value is -3.89. The molecule has 0 bridgehead atoms. The van der Waals surface area contributed by atoms with E-state index >= 15 is 0 Å². The topological polar surface area (TPSA) is 98.2 Å². The van der Waals surface area contributed by atoms with Crippen LogP contribution in [-0.4, -0.2) is 46.9 Å². The molecule has 0 spiro atoms. The highest BCUT2D eigenvalue weighted by molar-refractivity contribution is 6.12. The number of alkyl halides is 3. The second-order valence-corrected chi connectivity index (χ2v) is 9.99. The second-order valence-electron chi connectivity index (χ2n) is 9.99. The Bertz CT molecular complexity index is 1320. The summed E-state index contributed by atoms with van der Waals surface area (Å²) in [6, 6.07) is 7.56. The van der Waals surface area contributed by atoms with E-state index in [1.807, 2.05) is 13.8 Å². The van der Waals surface area contributed by atoms with E-state index in [-0.39, 0.29) is 28.1 Å². The van der Waals surface area contributed by atoms with Crippen LogP contribution in [0.5, 0.6) is 0 Å². The van der Waals surface area contributed by atoms with E-state index in [0.29, 0.717) is 17.1 Å². The first-order valence-corrected chi connectivity index (χ1v) is 11.6. The van der Waals surface area contributed by atoms with E-state index < -0.39 is 48.7 Å². The van der Waals surface area contributed by atoms with E-state index in [0.717, 1.165) is 16.5 Å². The summed E-state index contributed by atoms with van der Waals surface area (Å²) in [5.74, 6) is -4.27. The van der Waals surface area contributed by atoms with Crippen molar-refractivity contribution in [2.75, 3.05) is 22.9 Å². The van der Waals surface area contributed by atoms with Gasteiger partial charge in [0.1, 0.15) is 0 Å². The number of anilines is 2. The van der Waals surface area contributed by atoms with Gasteiger partial charge in [0.25, 0.3) is 0 Å². The van der Waals surface area contributed by atoms with Gasteiger partial charge < -0.3 is 10.0 Å². The third-order valence-corrected chi connectivity index (χ3v) is 7.02. The molecule has 2 aliphatic rings. The van der Waals surface area contributed by atoms with Crippen LogP contribution >= 0.6 is 0 Å². The predicted octanol–water partition coefficient (Wildman–Crippen LogP) is 4.33. The number of carboxylic acids is 1. The Morgan fingerprint density at radius 2 is 1.81 bits per heavy atom. The summed E-state index contributed by atoms with van der Waals surface area (Å²) in [5, 5.41) is 9.70. The van der Waals surface area contributed by atoms with Gasteiger partial charge in [-0.05, 0) is 41.8 Å². The van der Waals surface area contributed by atoms with Crippen molar-refractivity contribution in [1.29, 1.82) is 0 Å². The molecule has 0 aliphatic carbocycles. The maximum absolute atomic E-state index is 13.5. The molecule has 1 N–H and O–H groups in total. The highest BCUT2D eigenvalue weighted by Gasteiger charge is 2.45. The summed E-state index contributed by atoms with van der Waals surface area (Å²) in [6.07, 6.45) is -4.63. The lowest BCUT2D eigenvalue weighted by Gasteiger charge is -2.37. The maximum Gasteiger partial charge on any atom is 0.416 e. The molecule has 0 saturated carbocycles. The number of hydrogen-bond acceptors (Lipinski definition) is 4. The van der Waals surface area contributed by atoms with Gasteiger partial charge in [-0.15, -0.1) is 0 Å². The molecule has 2 aromatic rings. The van der Waals surface area contributed by atoms with Crippen LogP contribution in [0.15, 0.2) is 36.4 Å². The van der Waals surface area contributed by atoms with Gasteiger partial charge in [-0.1, -0.05) is 32.0 Å². The molecule has 0 aromatic heterocycles. The van der Waals surface area contributed by atoms with Crippen molar-refractivity contribution in [1.82, 2.24) is 4.90 Å². The number of fused-ring (bicyclic) bond motifs is 1. The molecule has 4 rings (SSSR count). The molecule has 37 heavy (non-hydrogen) atoms. The summed E-state index contributed by atoms with van der Waals surface area (Å²) < 4.78 is 40.2. The zero-order valence-corrected chi connectivity index (χ0v) is 20.7. The third-order valence-electron chi connectivity index (χ3n) is 7.02. The fourth-order valence-electron chi connectivity index (χ4n) is 4.97. The van der Waals surface area contributed by atoms with Crippen LogP contribution < -0.4 is 9.80 Å². The summed E-state index contributed by atoms with van der Waals surface area (Å²) in [4.78, 5) is 54.0. The summed E-state index contributed by atoms with van der Waals surface area (Å²) >= 11 is 0. The normalized spacial score (nSPS) is 19.3. The molecular formula is C26H26F3N3O5. The molecule has 4 amide bonds. The first kappa shape index (κ1) is 26.2. The minimum absolute atomic E-state index is 0.0703. The lowest BCUT2D eigenvalue weighted by molar-refractivity contribution is -0.150. The third kappa shape index (κ3) is 4.54. The first-order chi connectivity index (χ1) is 17.1. The lowest BCUT2D eigenvalue weighted by Crippen LogP contribution is -2.58. The Labute approximate surface area is 211 Å². The van der Waals surface area contributed by atoms with Crippen LogP contribution in [0.1, 0.15) is 43.0 Å². The average Bonchev–Trinajstić information content (AvgIpc) is 3.07. The average molecular weight is 518 g/mol. The van der Waals surface area contributed by atoms with Gasteiger partial charge in [-0.3, -0.25) is 24.2 Å². The minimum atomic E-state index is -4.63. The van der Waals surface area contributed by atoms with Crippen molar-refractivity contribution in [3.63, 3.8) is 0 Å². The molecule has 2 heterocycles. The molecule has 1 atom stereocenters. The fourth-order valence-corrected chi connectivity index (χ4v) is 4.97. The molecule has 1 fully saturated rings. The zero-order valence-electron chi connectivity index (χ0n) is 20.7. The van der Waals surface area contributed by atoms with Crippen molar-refractivity contribution in [2.24, 2.45) is 5.92 Å². The van der Waals surface area contributed by atoms with Crippen LogP contribution in [0, 0.1) is 12.8 Å². The van der Waals surface area contributed by atoms with Gasteiger partial charge in [0, 0.05) is 36.8 Å². The lowest BCUT2D eigenvalue weighted by atomic mass is 9.87. The zero-order chi connectivity index (χ0) is 27.4. The van der Waals surface area contributed by atoms with Crippen molar-refractivity contribution in [3.05, 3.63) is 58.7 Å². The largest absolute Gasteiger partial charge is 0.481 e. The van der Waals surface area contributed by atoms with Crippen LogP contribution in [0.4, 0.5) is 29.3 Å². The quantitative estimate of drug-likeness (QED) is 0.609. The van der Waals surface area contributed by atoms with Crippen LogP contribution in [0.25, 0.3) is 0 Å². The number of rotatable bonds is 4. The molecule has 196 valence electrons. The molecule has 2 aliphatic heterocycles. The highest BCUT2D eigenvalue weighted by atomic mass is 19.4. The first-order valence-electron chi connectivity index (χ1n) is 11.6. The maximum atomic E-state index is 13.5. The molecule has 0 radical (unpaired) electrons. The van der Waals surface area contributed by atoms with Crippen LogP contribution in [0.3, 0.4) is 0 Å². The smallest absolute Gasteiger partial charge is 0.416 e. The highest BCUT2D eigenvalue weighted by Crippen LogP contribution is 2.43. The molecule has 2 aromatic carbocycles. The number of urea groups is 1. The summed E-state index contributed by atoms with van der Waals surface area (Å²) in [7, 11) is 0. The molecule has 11 heteroatoms. The van der Waals surface area contributed by atoms with Gasteiger partial charge in [-0.2, -0.15) is 13.2 Å². The van der Waals surface area contributed by atoms with E-state index in [2.05, 4.69) is 0 Å². The van der Waals surface area contributed by atoms with Crippen molar-refractivity contribution in [2.45, 2.75) is 45.8 Å². The van der Waals surface area contributed by atoms with E-state index in [1.165, 1.54) is 26.0 Å². The van der Waals surface area contributed by atoms with Crippen molar-refractivity contribution in [3.8, 4) is 0 Å². The SMILES string of the molecule is CC(=O)N1CC(C)(C)c2ccc(N3CC(C(=O)O)C(=O)N(Cc4cccc(C(F)(F)F)c4C)C3=O)cc21.